The van der Waals surface area contributed by atoms with Crippen LogP contribution in [-0.4, -0.2) is 37.4 Å². The SMILES string of the molecule is Cc1ccc2nc(CN3CCCCC3(C)C(=O)O)cn2c1. The highest BCUT2D eigenvalue weighted by atomic mass is 16.4. The van der Waals surface area contributed by atoms with Crippen LogP contribution in [0.3, 0.4) is 0 Å². The highest BCUT2D eigenvalue weighted by Gasteiger charge is 2.41. The Morgan fingerprint density at radius 1 is 1.38 bits per heavy atom. The van der Waals surface area contributed by atoms with Gasteiger partial charge in [-0.25, -0.2) is 4.98 Å². The molecular formula is C16H21N3O2. The van der Waals surface area contributed by atoms with E-state index in [1.54, 1.807) is 0 Å². The Balaban J connectivity index is 1.87. The molecule has 112 valence electrons. The lowest BCUT2D eigenvalue weighted by Crippen LogP contribution is -2.54. The van der Waals surface area contributed by atoms with Crippen LogP contribution < -0.4 is 0 Å². The molecule has 0 spiro atoms. The third kappa shape index (κ3) is 2.53. The van der Waals surface area contributed by atoms with Gasteiger partial charge in [-0.3, -0.25) is 9.69 Å². The van der Waals surface area contributed by atoms with Gasteiger partial charge in [-0.15, -0.1) is 0 Å². The summed E-state index contributed by atoms with van der Waals surface area (Å²) in [5.74, 6) is -0.734. The number of carbonyl (C=O) groups is 1. The number of fused-ring (bicyclic) bond motifs is 1. The zero-order chi connectivity index (χ0) is 15.0. The molecule has 0 aliphatic carbocycles. The zero-order valence-corrected chi connectivity index (χ0v) is 12.5. The Labute approximate surface area is 124 Å². The number of carboxylic acids is 1. The van der Waals surface area contributed by atoms with Crippen LogP contribution in [0.25, 0.3) is 5.65 Å². The van der Waals surface area contributed by atoms with Crippen LogP contribution >= 0.6 is 0 Å². The Hall–Kier alpha value is -1.88. The number of imidazole rings is 1. The number of aryl methyl sites for hydroxylation is 1. The molecule has 1 unspecified atom stereocenters. The van der Waals surface area contributed by atoms with Gasteiger partial charge in [-0.1, -0.05) is 6.07 Å². The first-order valence-corrected chi connectivity index (χ1v) is 7.42. The normalized spacial score (nSPS) is 23.5. The topological polar surface area (TPSA) is 57.8 Å². The minimum atomic E-state index is -0.774. The lowest BCUT2D eigenvalue weighted by atomic mass is 9.88. The first-order chi connectivity index (χ1) is 9.99. The molecule has 5 nitrogen and oxygen atoms in total. The van der Waals surface area contributed by atoms with Gasteiger partial charge in [-0.05, 0) is 51.3 Å². The molecule has 1 fully saturated rings. The largest absolute Gasteiger partial charge is 0.480 e. The summed E-state index contributed by atoms with van der Waals surface area (Å²) >= 11 is 0. The summed E-state index contributed by atoms with van der Waals surface area (Å²) in [6, 6.07) is 4.03. The van der Waals surface area contributed by atoms with Crippen LogP contribution in [0.4, 0.5) is 0 Å². The second-order valence-electron chi connectivity index (χ2n) is 6.16. The number of aromatic nitrogens is 2. The molecule has 21 heavy (non-hydrogen) atoms. The highest BCUT2D eigenvalue weighted by Crippen LogP contribution is 2.29. The Bertz CT molecular complexity index is 679. The number of piperidine rings is 1. The molecule has 0 aromatic carbocycles. The predicted octanol–water partition coefficient (Wildman–Crippen LogP) is 2.47. The van der Waals surface area contributed by atoms with Gasteiger partial charge in [0.25, 0.3) is 0 Å². The second kappa shape index (κ2) is 5.15. The van der Waals surface area contributed by atoms with Crippen molar-refractivity contribution >= 4 is 11.6 Å². The molecule has 2 aromatic rings. The van der Waals surface area contributed by atoms with Crippen LogP contribution in [0.15, 0.2) is 24.5 Å². The van der Waals surface area contributed by atoms with Crippen LogP contribution in [0.1, 0.15) is 37.4 Å². The summed E-state index contributed by atoms with van der Waals surface area (Å²) in [4.78, 5) is 18.3. The van der Waals surface area contributed by atoms with Crippen molar-refractivity contribution in [3.8, 4) is 0 Å². The van der Waals surface area contributed by atoms with Crippen molar-refractivity contribution in [2.75, 3.05) is 6.54 Å². The van der Waals surface area contributed by atoms with Gasteiger partial charge in [0.05, 0.1) is 5.69 Å². The number of aliphatic carboxylic acids is 1. The van der Waals surface area contributed by atoms with Gasteiger partial charge in [0.15, 0.2) is 0 Å². The van der Waals surface area contributed by atoms with Crippen molar-refractivity contribution in [1.82, 2.24) is 14.3 Å². The average Bonchev–Trinajstić information content (AvgIpc) is 2.82. The van der Waals surface area contributed by atoms with Gasteiger partial charge in [0, 0.05) is 18.9 Å². The fourth-order valence-corrected chi connectivity index (χ4v) is 3.10. The van der Waals surface area contributed by atoms with E-state index in [2.05, 4.69) is 4.98 Å². The number of nitrogens with zero attached hydrogens (tertiary/aromatic N) is 3. The van der Waals surface area contributed by atoms with E-state index < -0.39 is 11.5 Å². The number of hydrogen-bond donors (Lipinski definition) is 1. The molecule has 0 bridgehead atoms. The Morgan fingerprint density at radius 2 is 2.19 bits per heavy atom. The van der Waals surface area contributed by atoms with Crippen molar-refractivity contribution in [1.29, 1.82) is 0 Å². The molecule has 3 rings (SSSR count). The lowest BCUT2D eigenvalue weighted by Gasteiger charge is -2.41. The zero-order valence-electron chi connectivity index (χ0n) is 12.5. The van der Waals surface area contributed by atoms with E-state index >= 15 is 0 Å². The fourth-order valence-electron chi connectivity index (χ4n) is 3.10. The predicted molar refractivity (Wildman–Crippen MR) is 80.2 cm³/mol. The van der Waals surface area contributed by atoms with Gasteiger partial charge < -0.3 is 9.51 Å². The van der Waals surface area contributed by atoms with Crippen molar-refractivity contribution in [2.24, 2.45) is 0 Å². The van der Waals surface area contributed by atoms with E-state index in [9.17, 15) is 9.90 Å². The molecule has 1 aliphatic rings. The van der Waals surface area contributed by atoms with Gasteiger partial charge in [0.1, 0.15) is 11.2 Å². The monoisotopic (exact) mass is 287 g/mol. The van der Waals surface area contributed by atoms with E-state index in [-0.39, 0.29) is 0 Å². The average molecular weight is 287 g/mol. The maximum Gasteiger partial charge on any atom is 0.323 e. The number of hydrogen-bond acceptors (Lipinski definition) is 3. The van der Waals surface area contributed by atoms with Gasteiger partial charge >= 0.3 is 5.97 Å². The molecule has 1 saturated heterocycles. The second-order valence-corrected chi connectivity index (χ2v) is 6.16. The third-order valence-corrected chi connectivity index (χ3v) is 4.50. The van der Waals surface area contributed by atoms with Gasteiger partial charge in [0.2, 0.25) is 0 Å². The summed E-state index contributed by atoms with van der Waals surface area (Å²) in [6.45, 7) is 5.28. The number of pyridine rings is 1. The molecule has 5 heteroatoms. The third-order valence-electron chi connectivity index (χ3n) is 4.50. The van der Waals surface area contributed by atoms with Crippen molar-refractivity contribution in [2.45, 2.75) is 45.2 Å². The van der Waals surface area contributed by atoms with E-state index in [0.717, 1.165) is 30.7 Å². The minimum Gasteiger partial charge on any atom is -0.480 e. The maximum atomic E-state index is 11.6. The van der Waals surface area contributed by atoms with Crippen molar-refractivity contribution in [3.05, 3.63) is 35.8 Å². The van der Waals surface area contributed by atoms with Crippen LogP contribution in [0.5, 0.6) is 0 Å². The number of likely N-dealkylation sites (tertiary alicyclic amines) is 1. The molecule has 1 aliphatic heterocycles. The van der Waals surface area contributed by atoms with E-state index in [4.69, 9.17) is 0 Å². The quantitative estimate of drug-likeness (QED) is 0.942. The number of carboxylic acid groups (broad SMARTS) is 1. The minimum absolute atomic E-state index is 0.587. The van der Waals surface area contributed by atoms with E-state index in [1.165, 1.54) is 5.56 Å². The molecule has 0 radical (unpaired) electrons. The van der Waals surface area contributed by atoms with Gasteiger partial charge in [-0.2, -0.15) is 0 Å². The summed E-state index contributed by atoms with van der Waals surface area (Å²) < 4.78 is 2.01. The first kappa shape index (κ1) is 14.1. The molecule has 0 amide bonds. The molecule has 3 heterocycles. The molecular weight excluding hydrogens is 266 g/mol. The lowest BCUT2D eigenvalue weighted by molar-refractivity contribution is -0.153. The Kier molecular flexibility index (Phi) is 3.45. The molecule has 0 saturated carbocycles. The van der Waals surface area contributed by atoms with E-state index in [0.29, 0.717) is 13.0 Å². The van der Waals surface area contributed by atoms with Crippen LogP contribution in [-0.2, 0) is 11.3 Å². The molecule has 1 N–H and O–H groups in total. The fraction of sp³-hybridized carbons (Fsp3) is 0.500. The smallest absolute Gasteiger partial charge is 0.323 e. The van der Waals surface area contributed by atoms with Crippen molar-refractivity contribution in [3.63, 3.8) is 0 Å². The standard InChI is InChI=1S/C16H21N3O2/c1-12-5-6-14-17-13(10-18(14)9-12)11-19-8-4-3-7-16(19,2)15(20)21/h5-6,9-10H,3-4,7-8,11H2,1-2H3,(H,20,21). The summed E-state index contributed by atoms with van der Waals surface area (Å²) in [5.41, 5.74) is 2.24. The van der Waals surface area contributed by atoms with Crippen molar-refractivity contribution < 1.29 is 9.90 Å². The maximum absolute atomic E-state index is 11.6. The summed E-state index contributed by atoms with van der Waals surface area (Å²) in [5, 5.41) is 9.55. The molecule has 1 atom stereocenters. The highest BCUT2D eigenvalue weighted by molar-refractivity contribution is 5.78. The van der Waals surface area contributed by atoms with E-state index in [1.807, 2.05) is 47.7 Å². The first-order valence-electron chi connectivity index (χ1n) is 7.42. The summed E-state index contributed by atoms with van der Waals surface area (Å²) in [6.07, 6.45) is 6.77. The summed E-state index contributed by atoms with van der Waals surface area (Å²) in [7, 11) is 0. The molecule has 2 aromatic heterocycles. The number of rotatable bonds is 3. The Morgan fingerprint density at radius 3 is 2.95 bits per heavy atom. The van der Waals surface area contributed by atoms with Crippen LogP contribution in [0, 0.1) is 6.92 Å². The van der Waals surface area contributed by atoms with Crippen LogP contribution in [0.2, 0.25) is 0 Å².